The predicted octanol–water partition coefficient (Wildman–Crippen LogP) is 25.8. The van der Waals surface area contributed by atoms with E-state index in [2.05, 4.69) is 147 Å². The van der Waals surface area contributed by atoms with Crippen LogP contribution in [0.1, 0.15) is 167 Å². The Kier molecular flexibility index (Phi) is 23.5. The van der Waals surface area contributed by atoms with E-state index in [0.717, 1.165) is 35.5 Å². The number of benzene rings is 15. The molecular weight excluding hydrogens is 1320 g/mol. The maximum atomic E-state index is 11.3. The van der Waals surface area contributed by atoms with Crippen LogP contribution in [0, 0.1) is 0 Å². The van der Waals surface area contributed by atoms with Crippen molar-refractivity contribution in [3.8, 4) is 33.8 Å². The van der Waals surface area contributed by atoms with Crippen LogP contribution in [-0.2, 0) is 41.4 Å². The highest BCUT2D eigenvalue weighted by Crippen LogP contribution is 2.61. The Morgan fingerprint density at radius 3 is 0.846 bits per heavy atom. The highest BCUT2D eigenvalue weighted by molar-refractivity contribution is 8.13. The van der Waals surface area contributed by atoms with Gasteiger partial charge >= 0.3 is 0 Å². The summed E-state index contributed by atoms with van der Waals surface area (Å²) in [5, 5.41) is 33.2. The first-order valence-electron chi connectivity index (χ1n) is 39.6. The zero-order valence-electron chi connectivity index (χ0n) is 61.8. The van der Waals surface area contributed by atoms with Gasteiger partial charge in [-0.25, -0.2) is 0 Å². The summed E-state index contributed by atoms with van der Waals surface area (Å²) in [5.41, 5.74) is 7.54. The molecule has 0 atom stereocenters. The Balaban J connectivity index is 0.868. The molecule has 10 heteroatoms. The Morgan fingerprint density at radius 2 is 0.529 bits per heavy atom. The Labute approximate surface area is 621 Å². The van der Waals surface area contributed by atoms with Gasteiger partial charge in [-0.15, -0.1) is 0 Å². The quantitative estimate of drug-likeness (QED) is 0.0209. The van der Waals surface area contributed by atoms with Gasteiger partial charge in [0.1, 0.15) is 24.7 Å². The van der Waals surface area contributed by atoms with Crippen LogP contribution in [0.15, 0.2) is 133 Å². The van der Waals surface area contributed by atoms with Crippen molar-refractivity contribution in [2.45, 2.75) is 169 Å². The van der Waals surface area contributed by atoms with Crippen molar-refractivity contribution in [3.05, 3.63) is 145 Å². The van der Waals surface area contributed by atoms with Gasteiger partial charge in [-0.2, -0.15) is 0 Å². The first-order chi connectivity index (χ1) is 51.3. The molecule has 0 saturated carbocycles. The number of fused-ring (bicyclic) bond motifs is 6. The second-order valence-corrected chi connectivity index (χ2v) is 32.0. The van der Waals surface area contributed by atoms with E-state index in [1.165, 1.54) is 303 Å². The monoisotopic (exact) mass is 1420 g/mol. The molecule has 0 aliphatic carbocycles. The molecule has 0 radical (unpaired) electrons. The number of aryl methyl sites for hydroxylation is 2. The summed E-state index contributed by atoms with van der Waals surface area (Å²) in [6.45, 7) is 12.5. The van der Waals surface area contributed by atoms with Crippen LogP contribution in [0.2, 0.25) is 0 Å². The Bertz CT molecular complexity index is 5000. The summed E-state index contributed by atoms with van der Waals surface area (Å²) in [4.78, 5) is 22.6. The molecule has 8 nitrogen and oxygen atoms in total. The van der Waals surface area contributed by atoms with Crippen molar-refractivity contribution in [3.63, 3.8) is 0 Å². The van der Waals surface area contributed by atoms with E-state index in [0.29, 0.717) is 77.6 Å². The first kappa shape index (κ1) is 72.0. The second-order valence-electron chi connectivity index (χ2n) is 29.5. The minimum Gasteiger partial charge on any atom is -0.491 e. The maximum Gasteiger partial charge on any atom is 0.185 e. The average molecular weight is 1420 g/mol. The molecule has 0 heterocycles. The van der Waals surface area contributed by atoms with Crippen LogP contribution in [0.4, 0.5) is 0 Å². The van der Waals surface area contributed by atoms with Crippen LogP contribution in [0.5, 0.6) is 11.5 Å². The smallest absolute Gasteiger partial charge is 0.185 e. The molecule has 0 spiro atoms. The van der Waals surface area contributed by atoms with Crippen LogP contribution in [0.25, 0.3) is 152 Å². The molecular formula is C94H102O8S2. The van der Waals surface area contributed by atoms with Gasteiger partial charge in [-0.3, -0.25) is 9.59 Å². The van der Waals surface area contributed by atoms with Crippen molar-refractivity contribution < 1.29 is 38.0 Å². The number of carbonyl (C=O) groups excluding carboxylic acids is 2. The van der Waals surface area contributed by atoms with Gasteiger partial charge in [0.2, 0.25) is 0 Å². The number of rotatable bonds is 44. The summed E-state index contributed by atoms with van der Waals surface area (Å²) in [5.74, 6) is 2.90. The van der Waals surface area contributed by atoms with E-state index >= 15 is 0 Å². The SMILES string of the molecule is CCCCCCCCCCCCc1cc2c3cccc4c5cc(-c6ccc(OCCOCCOCCSC(C)=O)cc6)cc6c7cc(-c8ccc(OCCOCCOCCSC(C)=O)cc8)cc8c9cccc%10c%11cc(CCCCCCCCCCCC)cc%12c(c1)c2c1c(c34)c(c56)c(c87)c(c%109)c1c%11%12. The van der Waals surface area contributed by atoms with Gasteiger partial charge in [0.05, 0.1) is 52.9 Å². The third-order valence-corrected chi connectivity index (χ3v) is 23.9. The van der Waals surface area contributed by atoms with E-state index in [4.69, 9.17) is 28.4 Å². The topological polar surface area (TPSA) is 89.5 Å². The zero-order chi connectivity index (χ0) is 70.9. The third kappa shape index (κ3) is 15.0. The van der Waals surface area contributed by atoms with Crippen LogP contribution in [0.3, 0.4) is 0 Å². The standard InChI is InChI=1S/C94H102O8S2/c1-5-7-9-11-13-15-17-19-21-23-27-63-53-75-71-29-25-31-73-79-57-67(65-33-37-69(38-34-65)101-47-45-97-41-43-99-49-51-103-61(3)95)59-81-82-60-68(66-35-39-70(40-36-66)102-48-46-98-42-44-100-50-52-104-62(4)96)58-80-74-32-26-30-72-76-54-64(28-24-22-20-18-16-14-12-10-8-6-2)56-78-77(55-63)85(75)91-89(83(71)73)93(87(79)81)94(88(80)82)90(84(72)74)92(91)86(76)78/h25-26,29-40,53-60H,5-24,27-28,41-52H2,1-4H3. The average Bonchev–Trinajstić information content (AvgIpc) is 0.644. The third-order valence-electron chi connectivity index (χ3n) is 22.4. The molecule has 0 N–H and O–H groups in total. The number of unbranched alkanes of at least 4 members (excludes halogenated alkanes) is 18. The van der Waals surface area contributed by atoms with E-state index < -0.39 is 0 Å². The Morgan fingerprint density at radius 1 is 0.269 bits per heavy atom. The minimum absolute atomic E-state index is 0.106. The van der Waals surface area contributed by atoms with E-state index in [9.17, 15) is 9.59 Å². The van der Waals surface area contributed by atoms with E-state index in [1.54, 1.807) is 13.8 Å². The molecule has 0 fully saturated rings. The molecule has 0 bridgehead atoms. The van der Waals surface area contributed by atoms with Gasteiger partial charge in [-0.1, -0.05) is 238 Å². The van der Waals surface area contributed by atoms with Gasteiger partial charge in [-0.05, 0) is 237 Å². The molecule has 0 aromatic heterocycles. The van der Waals surface area contributed by atoms with Crippen LogP contribution >= 0.6 is 23.5 Å². The van der Waals surface area contributed by atoms with Gasteiger partial charge < -0.3 is 28.4 Å². The van der Waals surface area contributed by atoms with Crippen molar-refractivity contribution in [1.82, 2.24) is 0 Å². The summed E-state index contributed by atoms with van der Waals surface area (Å²) in [6, 6.07) is 52.5. The molecule has 104 heavy (non-hydrogen) atoms. The van der Waals surface area contributed by atoms with Gasteiger partial charge in [0.15, 0.2) is 10.2 Å². The lowest BCUT2D eigenvalue weighted by molar-refractivity contribution is -0.109. The molecule has 15 rings (SSSR count). The van der Waals surface area contributed by atoms with Crippen LogP contribution in [-0.4, -0.2) is 87.8 Å². The summed E-state index contributed by atoms with van der Waals surface area (Å²) >= 11 is 2.57. The highest BCUT2D eigenvalue weighted by Gasteiger charge is 2.33. The zero-order valence-corrected chi connectivity index (χ0v) is 63.5. The number of ether oxygens (including phenoxy) is 6. The molecule has 538 valence electrons. The number of thioether (sulfide) groups is 2. The van der Waals surface area contributed by atoms with E-state index in [1.807, 2.05) is 0 Å². The molecule has 0 aliphatic heterocycles. The first-order valence-corrected chi connectivity index (χ1v) is 41.5. The van der Waals surface area contributed by atoms with Crippen molar-refractivity contribution in [1.29, 1.82) is 0 Å². The molecule has 0 saturated heterocycles. The maximum absolute atomic E-state index is 11.3. The van der Waals surface area contributed by atoms with Gasteiger partial charge in [0.25, 0.3) is 0 Å². The van der Waals surface area contributed by atoms with Gasteiger partial charge in [0, 0.05) is 25.4 Å². The summed E-state index contributed by atoms with van der Waals surface area (Å²) < 4.78 is 35.7. The normalized spacial score (nSPS) is 12.5. The molecule has 0 aliphatic rings. The predicted molar refractivity (Wildman–Crippen MR) is 446 cm³/mol. The number of hydrogen-bond donors (Lipinski definition) is 0. The fraction of sp³-hybridized carbons (Fsp3) is 0.404. The molecule has 15 aromatic carbocycles. The molecule has 0 unspecified atom stereocenters. The highest BCUT2D eigenvalue weighted by atomic mass is 32.2. The lowest BCUT2D eigenvalue weighted by Gasteiger charge is -2.30. The minimum atomic E-state index is 0.106. The number of hydrogen-bond acceptors (Lipinski definition) is 10. The Hall–Kier alpha value is -7.54. The van der Waals surface area contributed by atoms with Crippen molar-refractivity contribution >= 4 is 163 Å². The van der Waals surface area contributed by atoms with Crippen molar-refractivity contribution in [2.24, 2.45) is 0 Å². The van der Waals surface area contributed by atoms with Crippen molar-refractivity contribution in [2.75, 3.05) is 77.6 Å². The van der Waals surface area contributed by atoms with Crippen LogP contribution < -0.4 is 9.47 Å². The molecule has 0 amide bonds. The lowest BCUT2D eigenvalue weighted by atomic mass is 9.72. The van der Waals surface area contributed by atoms with E-state index in [-0.39, 0.29) is 10.2 Å². The summed E-state index contributed by atoms with van der Waals surface area (Å²) in [7, 11) is 0. The fourth-order valence-electron chi connectivity index (χ4n) is 17.6. The summed E-state index contributed by atoms with van der Waals surface area (Å²) in [6.07, 6.45) is 28.8. The number of carbonyl (C=O) groups is 2. The molecule has 15 aromatic rings. The lowest BCUT2D eigenvalue weighted by Crippen LogP contribution is -2.11. The fourth-order valence-corrected chi connectivity index (χ4v) is 18.5. The second kappa shape index (κ2) is 33.9. The largest absolute Gasteiger partial charge is 0.491 e.